The molecule has 1 aromatic carbocycles. The second kappa shape index (κ2) is 7.84. The van der Waals surface area contributed by atoms with Gasteiger partial charge in [0.05, 0.1) is 17.6 Å². The monoisotopic (exact) mass is 300 g/mol. The fourth-order valence-electron chi connectivity index (χ4n) is 1.47. The summed E-state index contributed by atoms with van der Waals surface area (Å²) in [5, 5.41) is 13.9. The maximum Gasteiger partial charge on any atom is 0.275 e. The van der Waals surface area contributed by atoms with Gasteiger partial charge in [0, 0.05) is 46.7 Å². The van der Waals surface area contributed by atoms with E-state index in [4.69, 9.17) is 4.74 Å². The van der Waals surface area contributed by atoms with Gasteiger partial charge in [-0.2, -0.15) is 0 Å². The molecular weight excluding hydrogens is 280 g/mol. The molecule has 0 aliphatic heterocycles. The fraction of sp³-hybridized carbons (Fsp3) is 0.538. The number of benzene rings is 1. The van der Waals surface area contributed by atoms with Crippen LogP contribution in [0, 0.1) is 10.1 Å². The van der Waals surface area contributed by atoms with E-state index in [0.717, 1.165) is 6.42 Å². The average molecular weight is 300 g/mol. The van der Waals surface area contributed by atoms with E-state index in [0.29, 0.717) is 24.6 Å². The number of rotatable bonds is 8. The second-order valence-electron chi connectivity index (χ2n) is 4.51. The fourth-order valence-corrected chi connectivity index (χ4v) is 1.79. The van der Waals surface area contributed by atoms with Crippen LogP contribution in [0.2, 0.25) is 0 Å². The van der Waals surface area contributed by atoms with Gasteiger partial charge in [-0.1, -0.05) is 6.92 Å². The summed E-state index contributed by atoms with van der Waals surface area (Å²) in [4.78, 5) is 10.4. The molecule has 2 unspecified atom stereocenters. The highest BCUT2D eigenvalue weighted by atomic mass is 32.2. The third-order valence-electron chi connectivity index (χ3n) is 2.74. The van der Waals surface area contributed by atoms with Crippen molar-refractivity contribution in [1.82, 2.24) is 0 Å². The lowest BCUT2D eigenvalue weighted by Gasteiger charge is -2.12. The van der Waals surface area contributed by atoms with Crippen LogP contribution in [0.25, 0.3) is 0 Å². The van der Waals surface area contributed by atoms with Crippen molar-refractivity contribution in [3.8, 4) is 5.75 Å². The summed E-state index contributed by atoms with van der Waals surface area (Å²) < 4.78 is 16.7. The Morgan fingerprint density at radius 2 is 2.15 bits per heavy atom. The minimum Gasteiger partial charge on any atom is -0.493 e. The number of anilines is 1. The maximum absolute atomic E-state index is 11.3. The van der Waals surface area contributed by atoms with Crippen molar-refractivity contribution in [2.45, 2.75) is 25.5 Å². The predicted octanol–water partition coefficient (Wildman–Crippen LogP) is 2.56. The minimum absolute atomic E-state index is 0.0219. The summed E-state index contributed by atoms with van der Waals surface area (Å²) in [6.45, 7) is 4.82. The Morgan fingerprint density at radius 1 is 1.45 bits per heavy atom. The molecular formula is C13H20N2O4S. The summed E-state index contributed by atoms with van der Waals surface area (Å²) in [5.74, 6) is 0.467. The van der Waals surface area contributed by atoms with E-state index < -0.39 is 15.7 Å². The van der Waals surface area contributed by atoms with Crippen LogP contribution in [-0.2, 0) is 10.8 Å². The highest BCUT2D eigenvalue weighted by Gasteiger charge is 2.12. The van der Waals surface area contributed by atoms with Crippen LogP contribution in [0.4, 0.5) is 11.4 Å². The molecule has 0 aromatic heterocycles. The highest BCUT2D eigenvalue weighted by Crippen LogP contribution is 2.26. The molecule has 1 N–H and O–H groups in total. The molecule has 0 saturated heterocycles. The van der Waals surface area contributed by atoms with E-state index >= 15 is 0 Å². The van der Waals surface area contributed by atoms with Crippen LogP contribution < -0.4 is 10.1 Å². The maximum atomic E-state index is 11.3. The molecule has 1 aromatic rings. The number of nitrogens with one attached hydrogen (secondary N) is 1. The van der Waals surface area contributed by atoms with Crippen LogP contribution in [-0.4, -0.2) is 33.8 Å². The summed E-state index contributed by atoms with van der Waals surface area (Å²) >= 11 is 0. The lowest BCUT2D eigenvalue weighted by molar-refractivity contribution is -0.384. The molecule has 0 bridgehead atoms. The summed E-state index contributed by atoms with van der Waals surface area (Å²) in [7, 11) is -0.936. The lowest BCUT2D eigenvalue weighted by atomic mass is 10.2. The van der Waals surface area contributed by atoms with Crippen molar-refractivity contribution in [2.75, 3.05) is 24.7 Å². The van der Waals surface area contributed by atoms with Crippen LogP contribution >= 0.6 is 0 Å². The number of nitro benzene ring substituents is 1. The Bertz CT molecular complexity index is 493. The van der Waals surface area contributed by atoms with Gasteiger partial charge in [-0.05, 0) is 13.3 Å². The molecule has 0 spiro atoms. The van der Waals surface area contributed by atoms with Gasteiger partial charge in [0.1, 0.15) is 5.75 Å². The first kappa shape index (κ1) is 16.4. The number of ether oxygens (including phenoxy) is 1. The normalized spacial score (nSPS) is 13.6. The molecule has 0 aliphatic carbocycles. The minimum atomic E-state index is -0.936. The highest BCUT2D eigenvalue weighted by molar-refractivity contribution is 7.84. The van der Waals surface area contributed by atoms with E-state index in [-0.39, 0.29) is 10.9 Å². The first-order chi connectivity index (χ1) is 9.43. The average Bonchev–Trinajstić information content (AvgIpc) is 2.42. The van der Waals surface area contributed by atoms with Gasteiger partial charge < -0.3 is 10.1 Å². The SMILES string of the molecule is CCCOc1cc(NCC(C)S(C)=O)cc([N+](=O)[O-])c1. The zero-order valence-corrected chi connectivity index (χ0v) is 12.7. The molecule has 2 atom stereocenters. The molecule has 7 heteroatoms. The van der Waals surface area contributed by atoms with Gasteiger partial charge in [-0.15, -0.1) is 0 Å². The molecule has 0 fully saturated rings. The Hall–Kier alpha value is -1.63. The summed E-state index contributed by atoms with van der Waals surface area (Å²) in [6, 6.07) is 4.57. The molecule has 0 aliphatic rings. The standard InChI is InChI=1S/C13H20N2O4S/c1-4-5-19-13-7-11(6-12(8-13)15(16)17)14-9-10(2)20(3)18/h6-8,10,14H,4-5,9H2,1-3H3. The van der Waals surface area contributed by atoms with Crippen molar-refractivity contribution in [1.29, 1.82) is 0 Å². The molecule has 0 amide bonds. The first-order valence-corrected chi connectivity index (χ1v) is 8.04. The number of hydrogen-bond donors (Lipinski definition) is 1. The molecule has 6 nitrogen and oxygen atoms in total. The van der Waals surface area contributed by atoms with Gasteiger partial charge in [0.2, 0.25) is 0 Å². The van der Waals surface area contributed by atoms with Gasteiger partial charge in [0.15, 0.2) is 0 Å². The molecule has 112 valence electrons. The van der Waals surface area contributed by atoms with E-state index in [1.54, 1.807) is 12.3 Å². The largest absolute Gasteiger partial charge is 0.493 e. The molecule has 1 rings (SSSR count). The Balaban J connectivity index is 2.85. The molecule has 0 saturated carbocycles. The van der Waals surface area contributed by atoms with Crippen LogP contribution in [0.5, 0.6) is 5.75 Å². The Kier molecular flexibility index (Phi) is 6.44. The van der Waals surface area contributed by atoms with Crippen LogP contribution in [0.15, 0.2) is 18.2 Å². The first-order valence-electron chi connectivity index (χ1n) is 6.42. The van der Waals surface area contributed by atoms with E-state index in [1.807, 2.05) is 13.8 Å². The predicted molar refractivity (Wildman–Crippen MR) is 80.9 cm³/mol. The van der Waals surface area contributed by atoms with Crippen molar-refractivity contribution >= 4 is 22.2 Å². The quantitative estimate of drug-likeness (QED) is 0.589. The number of hydrogen-bond acceptors (Lipinski definition) is 5. The van der Waals surface area contributed by atoms with Crippen molar-refractivity contribution in [3.05, 3.63) is 28.3 Å². The van der Waals surface area contributed by atoms with Gasteiger partial charge >= 0.3 is 0 Å². The topological polar surface area (TPSA) is 81.5 Å². The van der Waals surface area contributed by atoms with E-state index in [2.05, 4.69) is 5.32 Å². The van der Waals surface area contributed by atoms with Crippen molar-refractivity contribution in [3.63, 3.8) is 0 Å². The number of non-ortho nitro benzene ring substituents is 1. The molecule has 0 radical (unpaired) electrons. The zero-order valence-electron chi connectivity index (χ0n) is 11.9. The third-order valence-corrected chi connectivity index (χ3v) is 4.04. The zero-order chi connectivity index (χ0) is 15.1. The van der Waals surface area contributed by atoms with Crippen LogP contribution in [0.3, 0.4) is 0 Å². The molecule has 0 heterocycles. The number of nitrogens with zero attached hydrogens (tertiary/aromatic N) is 1. The number of nitro groups is 1. The third kappa shape index (κ3) is 5.16. The summed E-state index contributed by atoms with van der Waals surface area (Å²) in [6.07, 6.45) is 2.47. The van der Waals surface area contributed by atoms with Gasteiger partial charge in [-0.3, -0.25) is 14.3 Å². The molecule has 20 heavy (non-hydrogen) atoms. The van der Waals surface area contributed by atoms with E-state index in [1.165, 1.54) is 12.1 Å². The lowest BCUT2D eigenvalue weighted by Crippen LogP contribution is -2.20. The second-order valence-corrected chi connectivity index (χ2v) is 6.31. The Morgan fingerprint density at radius 3 is 2.70 bits per heavy atom. The summed E-state index contributed by atoms with van der Waals surface area (Å²) in [5.41, 5.74) is 0.578. The van der Waals surface area contributed by atoms with Gasteiger partial charge in [0.25, 0.3) is 5.69 Å². The van der Waals surface area contributed by atoms with E-state index in [9.17, 15) is 14.3 Å². The Labute approximate surface area is 121 Å². The van der Waals surface area contributed by atoms with Crippen molar-refractivity contribution in [2.24, 2.45) is 0 Å². The van der Waals surface area contributed by atoms with Crippen LogP contribution in [0.1, 0.15) is 20.3 Å². The van der Waals surface area contributed by atoms with Gasteiger partial charge in [-0.25, -0.2) is 0 Å². The smallest absolute Gasteiger partial charge is 0.275 e. The van der Waals surface area contributed by atoms with Crippen molar-refractivity contribution < 1.29 is 13.9 Å².